The van der Waals surface area contributed by atoms with E-state index in [2.05, 4.69) is 63.8 Å². The molecule has 1 N–H and O–H groups in total. The zero-order chi connectivity index (χ0) is 28.6. The van der Waals surface area contributed by atoms with Crippen LogP contribution in [0.2, 0.25) is 0 Å². The fourth-order valence-electron chi connectivity index (χ4n) is 4.54. The Morgan fingerprint density at radius 2 is 1.46 bits per heavy atom. The highest BCUT2D eigenvalue weighted by molar-refractivity contribution is 5.88. The fourth-order valence-corrected chi connectivity index (χ4v) is 4.54. The number of aromatic carboxylic acids is 1. The average molecular weight is 532 g/mol. The third kappa shape index (κ3) is 7.62. The van der Waals surface area contributed by atoms with Crippen LogP contribution in [0.4, 0.5) is 5.69 Å². The van der Waals surface area contributed by atoms with E-state index in [1.54, 1.807) is 19.1 Å². The van der Waals surface area contributed by atoms with Crippen molar-refractivity contribution in [3.8, 4) is 28.0 Å². The highest BCUT2D eigenvalue weighted by Gasteiger charge is 2.22. The van der Waals surface area contributed by atoms with Crippen molar-refractivity contribution >= 4 is 17.6 Å². The van der Waals surface area contributed by atoms with Gasteiger partial charge in [0, 0.05) is 37.2 Å². The highest BCUT2D eigenvalue weighted by atomic mass is 16.5. The van der Waals surface area contributed by atoms with Crippen molar-refractivity contribution in [1.29, 1.82) is 0 Å². The van der Waals surface area contributed by atoms with Gasteiger partial charge in [0.25, 0.3) is 0 Å². The van der Waals surface area contributed by atoms with Crippen LogP contribution in [-0.2, 0) is 14.9 Å². The zero-order valence-corrected chi connectivity index (χ0v) is 24.0. The van der Waals surface area contributed by atoms with Gasteiger partial charge in [-0.1, -0.05) is 52.0 Å². The Labute approximate surface area is 232 Å². The van der Waals surface area contributed by atoms with Gasteiger partial charge in [-0.05, 0) is 77.9 Å². The number of benzene rings is 3. The first kappa shape index (κ1) is 29.8. The number of carbonyl (C=O) groups is 2. The summed E-state index contributed by atoms with van der Waals surface area (Å²) in [7, 11) is 0. The normalized spacial score (nSPS) is 11.2. The Bertz CT molecular complexity index is 1270. The quantitative estimate of drug-likeness (QED) is 0.192. The van der Waals surface area contributed by atoms with E-state index >= 15 is 0 Å². The lowest BCUT2D eigenvalue weighted by Crippen LogP contribution is -2.26. The standard InChI is InChI=1S/C33H41NO5/c1-7-31(35)39-20-10-19-38-30-18-16-25(23-11-13-24(14-12-23)32(36)37)21-27(30)26-15-17-29(34(8-2)9-3)28(22-26)33(4,5)6/h11-18,21-22H,7-10,19-20H2,1-6H3,(H,36,37). The predicted octanol–water partition coefficient (Wildman–Crippen LogP) is 7.58. The minimum Gasteiger partial charge on any atom is -0.493 e. The Morgan fingerprint density at radius 1 is 0.821 bits per heavy atom. The summed E-state index contributed by atoms with van der Waals surface area (Å²) in [5.41, 5.74) is 6.58. The van der Waals surface area contributed by atoms with Gasteiger partial charge in [0.15, 0.2) is 0 Å². The number of carboxylic acid groups (broad SMARTS) is 1. The average Bonchev–Trinajstić information content (AvgIpc) is 2.93. The topological polar surface area (TPSA) is 76.1 Å². The van der Waals surface area contributed by atoms with Gasteiger partial charge in [-0.25, -0.2) is 4.79 Å². The van der Waals surface area contributed by atoms with Crippen molar-refractivity contribution in [2.45, 2.75) is 59.8 Å². The summed E-state index contributed by atoms with van der Waals surface area (Å²) >= 11 is 0. The molecular weight excluding hydrogens is 490 g/mol. The number of carbonyl (C=O) groups excluding carboxylic acids is 1. The number of esters is 1. The second-order valence-corrected chi connectivity index (χ2v) is 10.5. The first-order valence-electron chi connectivity index (χ1n) is 13.7. The smallest absolute Gasteiger partial charge is 0.335 e. The number of rotatable bonds is 12. The molecule has 208 valence electrons. The van der Waals surface area contributed by atoms with Crippen molar-refractivity contribution in [2.24, 2.45) is 0 Å². The Morgan fingerprint density at radius 3 is 2.05 bits per heavy atom. The number of hydrogen-bond donors (Lipinski definition) is 1. The van der Waals surface area contributed by atoms with Gasteiger partial charge in [-0.15, -0.1) is 0 Å². The van der Waals surface area contributed by atoms with Crippen molar-refractivity contribution in [3.63, 3.8) is 0 Å². The maximum absolute atomic E-state index is 11.4. The molecule has 39 heavy (non-hydrogen) atoms. The summed E-state index contributed by atoms with van der Waals surface area (Å²) in [6, 6.07) is 19.5. The SMILES string of the molecule is CCC(=O)OCCCOc1ccc(-c2ccc(C(=O)O)cc2)cc1-c1ccc(N(CC)CC)c(C(C)(C)C)c1. The summed E-state index contributed by atoms with van der Waals surface area (Å²) in [6.07, 6.45) is 0.956. The summed E-state index contributed by atoms with van der Waals surface area (Å²) in [6.45, 7) is 15.4. The summed E-state index contributed by atoms with van der Waals surface area (Å²) in [4.78, 5) is 25.1. The molecule has 0 bridgehead atoms. The van der Waals surface area contributed by atoms with Crippen LogP contribution in [0.25, 0.3) is 22.3 Å². The number of carboxylic acids is 1. The van der Waals surface area contributed by atoms with Crippen molar-refractivity contribution in [1.82, 2.24) is 0 Å². The van der Waals surface area contributed by atoms with Gasteiger partial charge < -0.3 is 19.5 Å². The molecule has 0 heterocycles. The summed E-state index contributed by atoms with van der Waals surface area (Å²) in [5, 5.41) is 9.28. The largest absolute Gasteiger partial charge is 0.493 e. The van der Waals surface area contributed by atoms with Gasteiger partial charge in [-0.2, -0.15) is 0 Å². The molecule has 0 radical (unpaired) electrons. The molecule has 3 aromatic carbocycles. The minimum absolute atomic E-state index is 0.0671. The Kier molecular flexibility index (Phi) is 10.2. The molecule has 0 fully saturated rings. The molecule has 0 aromatic heterocycles. The van der Waals surface area contributed by atoms with Crippen LogP contribution >= 0.6 is 0 Å². The van der Waals surface area contributed by atoms with Crippen LogP contribution in [0.3, 0.4) is 0 Å². The Hall–Kier alpha value is -3.80. The second-order valence-electron chi connectivity index (χ2n) is 10.5. The molecule has 0 amide bonds. The highest BCUT2D eigenvalue weighted by Crippen LogP contribution is 2.40. The van der Waals surface area contributed by atoms with Gasteiger partial charge in [0.05, 0.1) is 18.8 Å². The molecule has 0 saturated carbocycles. The summed E-state index contributed by atoms with van der Waals surface area (Å²) < 4.78 is 11.4. The molecule has 0 aliphatic heterocycles. The molecule has 3 aromatic rings. The number of anilines is 1. The molecule has 3 rings (SSSR count). The third-order valence-electron chi connectivity index (χ3n) is 6.76. The maximum atomic E-state index is 11.4. The molecule has 0 spiro atoms. The van der Waals surface area contributed by atoms with Crippen LogP contribution in [0.5, 0.6) is 5.75 Å². The third-order valence-corrected chi connectivity index (χ3v) is 6.76. The molecular formula is C33H41NO5. The molecule has 6 nitrogen and oxygen atoms in total. The maximum Gasteiger partial charge on any atom is 0.335 e. The number of ether oxygens (including phenoxy) is 2. The van der Waals surface area contributed by atoms with Crippen molar-refractivity contribution < 1.29 is 24.2 Å². The fraction of sp³-hybridized carbons (Fsp3) is 0.394. The van der Waals surface area contributed by atoms with Crippen LogP contribution in [-0.4, -0.2) is 43.3 Å². The van der Waals surface area contributed by atoms with Crippen molar-refractivity contribution in [2.75, 3.05) is 31.2 Å². The van der Waals surface area contributed by atoms with Gasteiger partial charge in [0.2, 0.25) is 0 Å². The second kappa shape index (κ2) is 13.3. The molecule has 0 saturated heterocycles. The Balaban J connectivity index is 2.04. The molecule has 0 aliphatic rings. The van der Waals surface area contributed by atoms with Crippen LogP contribution in [0.15, 0.2) is 60.7 Å². The van der Waals surface area contributed by atoms with Crippen LogP contribution in [0.1, 0.15) is 70.3 Å². The van der Waals surface area contributed by atoms with E-state index in [-0.39, 0.29) is 16.9 Å². The molecule has 0 aliphatic carbocycles. The van der Waals surface area contributed by atoms with E-state index in [0.29, 0.717) is 26.1 Å². The van der Waals surface area contributed by atoms with Crippen molar-refractivity contribution in [3.05, 3.63) is 71.8 Å². The van der Waals surface area contributed by atoms with E-state index in [1.165, 1.54) is 11.3 Å². The lowest BCUT2D eigenvalue weighted by atomic mass is 9.83. The van der Waals surface area contributed by atoms with Crippen LogP contribution < -0.4 is 9.64 Å². The van der Waals surface area contributed by atoms with E-state index < -0.39 is 5.97 Å². The summed E-state index contributed by atoms with van der Waals surface area (Å²) in [5.74, 6) is -0.409. The molecule has 6 heteroatoms. The lowest BCUT2D eigenvalue weighted by molar-refractivity contribution is -0.143. The monoisotopic (exact) mass is 531 g/mol. The van der Waals surface area contributed by atoms with Gasteiger partial charge in [-0.3, -0.25) is 4.79 Å². The lowest BCUT2D eigenvalue weighted by Gasteiger charge is -2.31. The van der Waals surface area contributed by atoms with E-state index in [1.807, 2.05) is 24.3 Å². The molecule has 0 atom stereocenters. The minimum atomic E-state index is -0.946. The first-order valence-corrected chi connectivity index (χ1v) is 13.7. The van der Waals surface area contributed by atoms with Gasteiger partial charge in [0.1, 0.15) is 5.75 Å². The first-order chi connectivity index (χ1) is 18.6. The van der Waals surface area contributed by atoms with E-state index in [9.17, 15) is 14.7 Å². The predicted molar refractivity (Wildman–Crippen MR) is 158 cm³/mol. The van der Waals surface area contributed by atoms with Gasteiger partial charge >= 0.3 is 11.9 Å². The number of nitrogens with zero attached hydrogens (tertiary/aromatic N) is 1. The van der Waals surface area contributed by atoms with E-state index in [4.69, 9.17) is 9.47 Å². The van der Waals surface area contributed by atoms with Crippen LogP contribution in [0, 0.1) is 0 Å². The van der Waals surface area contributed by atoms with E-state index in [0.717, 1.165) is 41.1 Å². The zero-order valence-electron chi connectivity index (χ0n) is 24.0. The molecule has 0 unspecified atom stereocenters. The number of hydrogen-bond acceptors (Lipinski definition) is 5.